The first-order valence-electron chi connectivity index (χ1n) is 11.6. The van der Waals surface area contributed by atoms with E-state index >= 15 is 0 Å². The number of carboxylic acid groups (broad SMARTS) is 2. The summed E-state index contributed by atoms with van der Waals surface area (Å²) in [6.45, 7) is 5.37. The van der Waals surface area contributed by atoms with Gasteiger partial charge in [-0.1, -0.05) is 18.2 Å². The van der Waals surface area contributed by atoms with Crippen molar-refractivity contribution in [3.05, 3.63) is 88.0 Å². The van der Waals surface area contributed by atoms with Crippen molar-refractivity contribution in [3.8, 4) is 0 Å². The third kappa shape index (κ3) is 6.59. The molecular weight excluding hydrogens is 478 g/mol. The quantitative estimate of drug-likeness (QED) is 0.341. The van der Waals surface area contributed by atoms with E-state index in [4.69, 9.17) is 10.2 Å². The Morgan fingerprint density at radius 3 is 2.39 bits per heavy atom. The molecule has 1 fully saturated rings. The Bertz CT molecular complexity index is 1430. The Morgan fingerprint density at radius 1 is 0.944 bits per heavy atom. The van der Waals surface area contributed by atoms with Crippen molar-refractivity contribution in [3.63, 3.8) is 0 Å². The fourth-order valence-corrected chi connectivity index (χ4v) is 5.06. The second-order valence-electron chi connectivity index (χ2n) is 8.44. The number of nitrogens with zero attached hydrogens (tertiary/aromatic N) is 2. The molecule has 0 unspecified atom stereocenters. The molecule has 1 aliphatic heterocycles. The average Bonchev–Trinajstić information content (AvgIpc) is 3.36. The standard InChI is InChI=1S/C23H23N3OS.C4H4O4/c27-23-7-6-18-5-4-17(16-20(18)24-23)8-10-25-11-13-26(14-12-25)21-2-1-3-22-19(21)9-15-28-22;5-3(6)1-2-4(7)8/h1-7,9,15-16H,8,10-14H2,(H,24,27);1-2H,(H,5,6)(H,7,8)/b;2-1-. The van der Waals surface area contributed by atoms with Gasteiger partial charge in [-0.25, -0.2) is 9.59 Å². The van der Waals surface area contributed by atoms with Crippen molar-refractivity contribution in [1.82, 2.24) is 9.88 Å². The number of aliphatic carboxylic acids is 2. The van der Waals surface area contributed by atoms with Crippen LogP contribution in [-0.2, 0) is 16.0 Å². The topological polar surface area (TPSA) is 114 Å². The van der Waals surface area contributed by atoms with Gasteiger partial charge in [0.1, 0.15) is 0 Å². The highest BCUT2D eigenvalue weighted by Crippen LogP contribution is 2.31. The number of H-pyrrole nitrogens is 1. The smallest absolute Gasteiger partial charge is 0.328 e. The highest BCUT2D eigenvalue weighted by atomic mass is 32.1. The summed E-state index contributed by atoms with van der Waals surface area (Å²) in [5.41, 5.74) is 3.54. The lowest BCUT2D eigenvalue weighted by atomic mass is 10.1. The van der Waals surface area contributed by atoms with Crippen LogP contribution < -0.4 is 10.5 Å². The fourth-order valence-electron chi connectivity index (χ4n) is 4.25. The molecule has 9 heteroatoms. The van der Waals surface area contributed by atoms with Crippen molar-refractivity contribution < 1.29 is 19.8 Å². The summed E-state index contributed by atoms with van der Waals surface area (Å²) < 4.78 is 1.37. The molecule has 1 aliphatic rings. The van der Waals surface area contributed by atoms with Gasteiger partial charge in [0.05, 0.1) is 0 Å². The lowest BCUT2D eigenvalue weighted by Crippen LogP contribution is -2.47. The summed E-state index contributed by atoms with van der Waals surface area (Å²) in [5, 5.41) is 20.3. The lowest BCUT2D eigenvalue weighted by molar-refractivity contribution is -0.134. The van der Waals surface area contributed by atoms with Crippen LogP contribution in [0, 0.1) is 0 Å². The molecule has 5 rings (SSSR count). The number of benzene rings is 2. The van der Waals surface area contributed by atoms with Crippen molar-refractivity contribution in [2.45, 2.75) is 6.42 Å². The Labute approximate surface area is 211 Å². The predicted octanol–water partition coefficient (Wildman–Crippen LogP) is 3.82. The van der Waals surface area contributed by atoms with E-state index < -0.39 is 11.9 Å². The van der Waals surface area contributed by atoms with Crippen LogP contribution in [-0.4, -0.2) is 64.8 Å². The van der Waals surface area contributed by atoms with Gasteiger partial charge in [-0.15, -0.1) is 11.3 Å². The molecule has 4 aromatic rings. The van der Waals surface area contributed by atoms with Gasteiger partial charge in [0, 0.05) is 72.2 Å². The maximum absolute atomic E-state index is 11.5. The van der Waals surface area contributed by atoms with Crippen LogP contribution in [0.1, 0.15) is 5.56 Å². The molecule has 0 amide bonds. The number of aromatic amines is 1. The number of thiophene rings is 1. The Kier molecular flexibility index (Phi) is 8.14. The van der Waals surface area contributed by atoms with Gasteiger partial charge in [0.25, 0.3) is 0 Å². The summed E-state index contributed by atoms with van der Waals surface area (Å²) in [7, 11) is 0. The van der Waals surface area contributed by atoms with Gasteiger partial charge >= 0.3 is 11.9 Å². The molecule has 0 aliphatic carbocycles. The molecule has 0 radical (unpaired) electrons. The largest absolute Gasteiger partial charge is 0.478 e. The van der Waals surface area contributed by atoms with Crippen molar-refractivity contribution in [1.29, 1.82) is 0 Å². The molecule has 8 nitrogen and oxygen atoms in total. The van der Waals surface area contributed by atoms with E-state index in [2.05, 4.69) is 62.6 Å². The van der Waals surface area contributed by atoms with Crippen LogP contribution in [0.3, 0.4) is 0 Å². The molecular formula is C27H27N3O5S. The Hall–Kier alpha value is -3.95. The highest BCUT2D eigenvalue weighted by molar-refractivity contribution is 7.17. The van der Waals surface area contributed by atoms with E-state index in [0.717, 1.165) is 50.0 Å². The molecule has 0 bridgehead atoms. The minimum atomic E-state index is -1.26. The maximum atomic E-state index is 11.5. The molecule has 36 heavy (non-hydrogen) atoms. The average molecular weight is 506 g/mol. The zero-order valence-corrected chi connectivity index (χ0v) is 20.4. The van der Waals surface area contributed by atoms with E-state index in [0.29, 0.717) is 12.2 Å². The van der Waals surface area contributed by atoms with Crippen LogP contribution in [0.5, 0.6) is 0 Å². The maximum Gasteiger partial charge on any atom is 0.328 e. The molecule has 2 aromatic carbocycles. The molecule has 186 valence electrons. The van der Waals surface area contributed by atoms with Gasteiger partial charge in [0.2, 0.25) is 5.56 Å². The number of nitrogens with one attached hydrogen (secondary N) is 1. The van der Waals surface area contributed by atoms with Gasteiger partial charge < -0.3 is 20.1 Å². The van der Waals surface area contributed by atoms with Crippen LogP contribution in [0.15, 0.2) is 76.9 Å². The molecule has 3 heterocycles. The zero-order chi connectivity index (χ0) is 25.5. The third-order valence-electron chi connectivity index (χ3n) is 6.06. The molecule has 3 N–H and O–H groups in total. The lowest BCUT2D eigenvalue weighted by Gasteiger charge is -2.36. The summed E-state index contributed by atoms with van der Waals surface area (Å²) in [4.78, 5) is 38.6. The summed E-state index contributed by atoms with van der Waals surface area (Å²) >= 11 is 1.81. The van der Waals surface area contributed by atoms with E-state index in [-0.39, 0.29) is 5.56 Å². The van der Waals surface area contributed by atoms with Crippen molar-refractivity contribution >= 4 is 50.0 Å². The van der Waals surface area contributed by atoms with Crippen molar-refractivity contribution in [2.75, 3.05) is 37.6 Å². The minimum absolute atomic E-state index is 0.0404. The summed E-state index contributed by atoms with van der Waals surface area (Å²) in [6.07, 6.45) is 2.12. The van der Waals surface area contributed by atoms with Crippen LogP contribution in [0.4, 0.5) is 5.69 Å². The zero-order valence-electron chi connectivity index (χ0n) is 19.6. The van der Waals surface area contributed by atoms with E-state index in [1.807, 2.05) is 17.4 Å². The number of anilines is 1. The second kappa shape index (κ2) is 11.7. The molecule has 0 atom stereocenters. The molecule has 1 saturated heterocycles. The van der Waals surface area contributed by atoms with E-state index in [1.165, 1.54) is 21.3 Å². The molecule has 2 aromatic heterocycles. The second-order valence-corrected chi connectivity index (χ2v) is 9.39. The van der Waals surface area contributed by atoms with E-state index in [1.54, 1.807) is 6.07 Å². The van der Waals surface area contributed by atoms with Crippen LogP contribution in [0.25, 0.3) is 21.0 Å². The summed E-state index contributed by atoms with van der Waals surface area (Å²) in [6, 6.07) is 18.7. The number of carbonyl (C=O) groups is 2. The first-order chi connectivity index (χ1) is 17.4. The SMILES string of the molecule is O=C(O)/C=C\C(=O)O.O=c1ccc2ccc(CCN3CCN(c4cccc5sccc45)CC3)cc2[nH]1. The fraction of sp³-hybridized carbons (Fsp3) is 0.222. The Morgan fingerprint density at radius 2 is 1.67 bits per heavy atom. The third-order valence-corrected chi connectivity index (χ3v) is 6.94. The first-order valence-corrected chi connectivity index (χ1v) is 12.5. The number of pyridine rings is 1. The van der Waals surface area contributed by atoms with E-state index in [9.17, 15) is 14.4 Å². The predicted molar refractivity (Wildman–Crippen MR) is 143 cm³/mol. The number of carboxylic acids is 2. The number of rotatable bonds is 6. The van der Waals surface area contributed by atoms with Gasteiger partial charge in [-0.2, -0.15) is 0 Å². The number of piperazine rings is 1. The molecule has 0 spiro atoms. The van der Waals surface area contributed by atoms with Crippen molar-refractivity contribution in [2.24, 2.45) is 0 Å². The number of fused-ring (bicyclic) bond motifs is 2. The normalized spacial score (nSPS) is 14.2. The number of aromatic nitrogens is 1. The van der Waals surface area contributed by atoms with Crippen LogP contribution >= 0.6 is 11.3 Å². The van der Waals surface area contributed by atoms with Gasteiger partial charge in [-0.05, 0) is 53.1 Å². The van der Waals surface area contributed by atoms with Gasteiger partial charge in [-0.3, -0.25) is 9.69 Å². The first kappa shape index (κ1) is 25.2. The minimum Gasteiger partial charge on any atom is -0.478 e. The van der Waals surface area contributed by atoms with Crippen LogP contribution in [0.2, 0.25) is 0 Å². The van der Waals surface area contributed by atoms with Gasteiger partial charge in [0.15, 0.2) is 0 Å². The molecule has 0 saturated carbocycles. The number of hydrogen-bond donors (Lipinski definition) is 3. The monoisotopic (exact) mass is 505 g/mol. The number of hydrogen-bond acceptors (Lipinski definition) is 6. The highest BCUT2D eigenvalue weighted by Gasteiger charge is 2.18. The Balaban J connectivity index is 0.000000331. The summed E-state index contributed by atoms with van der Waals surface area (Å²) in [5.74, 6) is -2.51.